The van der Waals surface area contributed by atoms with Crippen molar-refractivity contribution in [2.75, 3.05) is 5.32 Å². The third kappa shape index (κ3) is 3.90. The van der Waals surface area contributed by atoms with E-state index in [1.807, 2.05) is 0 Å². The van der Waals surface area contributed by atoms with Crippen LogP contribution in [0.3, 0.4) is 0 Å². The summed E-state index contributed by atoms with van der Waals surface area (Å²) in [6.07, 6.45) is -0.467. The number of amides is 1. The van der Waals surface area contributed by atoms with Gasteiger partial charge in [-0.05, 0) is 30.7 Å². The third-order valence-corrected chi connectivity index (χ3v) is 3.80. The van der Waals surface area contributed by atoms with Gasteiger partial charge in [0, 0.05) is 0 Å². The Morgan fingerprint density at radius 3 is 2.64 bits per heavy atom. The molecule has 0 aromatic heterocycles. The normalized spacial score (nSPS) is 11.8. The number of anilines is 1. The van der Waals surface area contributed by atoms with E-state index < -0.39 is 17.8 Å². The fourth-order valence-electron chi connectivity index (χ4n) is 1.83. The molecule has 0 unspecified atom stereocenters. The smallest absolute Gasteiger partial charge is 0.265 e. The van der Waals surface area contributed by atoms with Gasteiger partial charge in [-0.2, -0.15) is 0 Å². The quantitative estimate of drug-likeness (QED) is 0.837. The van der Waals surface area contributed by atoms with Gasteiger partial charge in [0.05, 0.1) is 15.7 Å². The Morgan fingerprint density at radius 1 is 1.23 bits per heavy atom. The van der Waals surface area contributed by atoms with Crippen LogP contribution in [0.2, 0.25) is 10.0 Å². The first-order chi connectivity index (χ1) is 10.5. The second-order valence-corrected chi connectivity index (χ2v) is 5.32. The SMILES string of the molecule is CC[C@H](Oc1ccccc1F)C(=O)Nc1cccc(Cl)c1Cl. The van der Waals surface area contributed by atoms with Crippen molar-refractivity contribution in [2.24, 2.45) is 0 Å². The first kappa shape index (κ1) is 16.6. The van der Waals surface area contributed by atoms with Gasteiger partial charge in [-0.15, -0.1) is 0 Å². The minimum Gasteiger partial charge on any atom is -0.478 e. The molecule has 0 heterocycles. The van der Waals surface area contributed by atoms with Crippen LogP contribution in [0, 0.1) is 5.82 Å². The molecule has 6 heteroatoms. The van der Waals surface area contributed by atoms with Gasteiger partial charge in [0.2, 0.25) is 0 Å². The van der Waals surface area contributed by atoms with Crippen LogP contribution in [-0.2, 0) is 4.79 Å². The van der Waals surface area contributed by atoms with Crippen molar-refractivity contribution >= 4 is 34.8 Å². The maximum Gasteiger partial charge on any atom is 0.265 e. The van der Waals surface area contributed by atoms with E-state index in [1.54, 1.807) is 37.3 Å². The van der Waals surface area contributed by atoms with Gasteiger partial charge in [0.15, 0.2) is 17.7 Å². The summed E-state index contributed by atoms with van der Waals surface area (Å²) in [6.45, 7) is 1.77. The summed E-state index contributed by atoms with van der Waals surface area (Å²) in [5.41, 5.74) is 0.384. The van der Waals surface area contributed by atoms with Crippen LogP contribution in [-0.4, -0.2) is 12.0 Å². The monoisotopic (exact) mass is 341 g/mol. The Hall–Kier alpha value is -1.78. The third-order valence-electron chi connectivity index (χ3n) is 2.98. The molecular weight excluding hydrogens is 328 g/mol. The van der Waals surface area contributed by atoms with E-state index >= 15 is 0 Å². The second-order valence-electron chi connectivity index (χ2n) is 4.54. The zero-order chi connectivity index (χ0) is 16.1. The Bertz CT molecular complexity index is 679. The molecule has 0 aliphatic heterocycles. The lowest BCUT2D eigenvalue weighted by Crippen LogP contribution is -2.32. The highest BCUT2D eigenvalue weighted by molar-refractivity contribution is 6.44. The molecule has 2 aromatic carbocycles. The topological polar surface area (TPSA) is 38.3 Å². The van der Waals surface area contributed by atoms with E-state index in [4.69, 9.17) is 27.9 Å². The molecule has 0 aliphatic carbocycles. The van der Waals surface area contributed by atoms with E-state index in [-0.39, 0.29) is 10.8 Å². The fraction of sp³-hybridized carbons (Fsp3) is 0.188. The molecule has 0 radical (unpaired) electrons. The van der Waals surface area contributed by atoms with Crippen molar-refractivity contribution < 1.29 is 13.9 Å². The number of hydrogen-bond acceptors (Lipinski definition) is 2. The largest absolute Gasteiger partial charge is 0.478 e. The Labute approximate surface area is 138 Å². The van der Waals surface area contributed by atoms with Crippen LogP contribution in [0.5, 0.6) is 5.75 Å². The summed E-state index contributed by atoms with van der Waals surface area (Å²) in [5, 5.41) is 3.22. The van der Waals surface area contributed by atoms with Crippen molar-refractivity contribution in [2.45, 2.75) is 19.4 Å². The fourth-order valence-corrected chi connectivity index (χ4v) is 2.18. The highest BCUT2D eigenvalue weighted by Gasteiger charge is 2.21. The minimum atomic E-state index is -0.841. The van der Waals surface area contributed by atoms with Crippen molar-refractivity contribution in [3.8, 4) is 5.75 Å². The van der Waals surface area contributed by atoms with Crippen molar-refractivity contribution in [1.29, 1.82) is 0 Å². The number of ether oxygens (including phenoxy) is 1. The molecule has 1 amide bonds. The maximum atomic E-state index is 13.6. The van der Waals surface area contributed by atoms with E-state index in [9.17, 15) is 9.18 Å². The number of para-hydroxylation sites is 1. The molecule has 0 fully saturated rings. The first-order valence-corrected chi connectivity index (χ1v) is 7.44. The number of carbonyl (C=O) groups excluding carboxylic acids is 1. The van der Waals surface area contributed by atoms with Crippen molar-refractivity contribution in [3.63, 3.8) is 0 Å². The van der Waals surface area contributed by atoms with Crippen LogP contribution in [0.15, 0.2) is 42.5 Å². The second kappa shape index (κ2) is 7.47. The Kier molecular flexibility index (Phi) is 5.63. The van der Waals surface area contributed by atoms with Gasteiger partial charge in [-0.1, -0.05) is 48.3 Å². The number of nitrogens with one attached hydrogen (secondary N) is 1. The molecule has 0 saturated heterocycles. The molecular formula is C16H14Cl2FNO2. The predicted molar refractivity (Wildman–Crippen MR) is 86.2 cm³/mol. The van der Waals surface area contributed by atoms with E-state index in [0.29, 0.717) is 17.1 Å². The molecule has 1 atom stereocenters. The number of rotatable bonds is 5. The van der Waals surface area contributed by atoms with E-state index in [1.165, 1.54) is 12.1 Å². The Morgan fingerprint density at radius 2 is 1.95 bits per heavy atom. The van der Waals surface area contributed by atoms with Gasteiger partial charge >= 0.3 is 0 Å². The summed E-state index contributed by atoms with van der Waals surface area (Å²) in [5.74, 6) is -0.911. The van der Waals surface area contributed by atoms with Gasteiger partial charge < -0.3 is 10.1 Å². The average Bonchev–Trinajstić information content (AvgIpc) is 2.51. The van der Waals surface area contributed by atoms with Crippen LogP contribution in [0.25, 0.3) is 0 Å². The molecule has 1 N–H and O–H groups in total. The summed E-state index contributed by atoms with van der Waals surface area (Å²) < 4.78 is 19.0. The predicted octanol–water partition coefficient (Wildman–Crippen LogP) is 4.93. The van der Waals surface area contributed by atoms with Crippen LogP contribution < -0.4 is 10.1 Å². The molecule has 22 heavy (non-hydrogen) atoms. The van der Waals surface area contributed by atoms with Crippen LogP contribution in [0.4, 0.5) is 10.1 Å². The number of carbonyl (C=O) groups is 1. The van der Waals surface area contributed by atoms with Gasteiger partial charge in [0.25, 0.3) is 5.91 Å². The minimum absolute atomic E-state index is 0.0293. The van der Waals surface area contributed by atoms with E-state index in [2.05, 4.69) is 5.32 Å². The molecule has 0 bridgehead atoms. The summed E-state index contributed by atoms with van der Waals surface area (Å²) in [6, 6.07) is 10.8. The number of halogens is 3. The summed E-state index contributed by atoms with van der Waals surface area (Å²) in [7, 11) is 0. The molecule has 0 aliphatic rings. The molecule has 3 nitrogen and oxygen atoms in total. The highest BCUT2D eigenvalue weighted by Crippen LogP contribution is 2.30. The van der Waals surface area contributed by atoms with Gasteiger partial charge in [-0.3, -0.25) is 4.79 Å². The number of hydrogen-bond donors (Lipinski definition) is 1. The zero-order valence-electron chi connectivity index (χ0n) is 11.8. The lowest BCUT2D eigenvalue weighted by Gasteiger charge is -2.18. The van der Waals surface area contributed by atoms with E-state index in [0.717, 1.165) is 0 Å². The molecule has 2 rings (SSSR count). The molecule has 0 saturated carbocycles. The standard InChI is InChI=1S/C16H14Cl2FNO2/c1-2-13(22-14-9-4-3-7-11(14)19)16(21)20-12-8-5-6-10(17)15(12)18/h3-9,13H,2H2,1H3,(H,20,21)/t13-/m0/s1. The van der Waals surface area contributed by atoms with Crippen molar-refractivity contribution in [3.05, 3.63) is 58.3 Å². The van der Waals surface area contributed by atoms with Crippen molar-refractivity contribution in [1.82, 2.24) is 0 Å². The van der Waals surface area contributed by atoms with Crippen LogP contribution in [0.1, 0.15) is 13.3 Å². The molecule has 2 aromatic rings. The molecule has 0 spiro atoms. The lowest BCUT2D eigenvalue weighted by molar-refractivity contribution is -0.122. The maximum absolute atomic E-state index is 13.6. The summed E-state index contributed by atoms with van der Waals surface area (Å²) in [4.78, 5) is 12.3. The number of benzene rings is 2. The lowest BCUT2D eigenvalue weighted by atomic mass is 10.2. The average molecular weight is 342 g/mol. The zero-order valence-corrected chi connectivity index (χ0v) is 13.3. The Balaban J connectivity index is 2.12. The van der Waals surface area contributed by atoms with Gasteiger partial charge in [-0.25, -0.2) is 4.39 Å². The first-order valence-electron chi connectivity index (χ1n) is 6.69. The highest BCUT2D eigenvalue weighted by atomic mass is 35.5. The van der Waals surface area contributed by atoms with Gasteiger partial charge in [0.1, 0.15) is 0 Å². The summed E-state index contributed by atoms with van der Waals surface area (Å²) >= 11 is 11.9. The molecule has 116 valence electrons. The van der Waals surface area contributed by atoms with Crippen LogP contribution >= 0.6 is 23.2 Å².